The molecule has 1 N–H and O–H groups in total. The molecule has 104 valence electrons. The Bertz CT molecular complexity index is 684. The summed E-state index contributed by atoms with van der Waals surface area (Å²) in [6.45, 7) is 4.57. The molecule has 0 aliphatic carbocycles. The second-order valence-corrected chi connectivity index (χ2v) is 4.69. The minimum absolute atomic E-state index is 0.683. The van der Waals surface area contributed by atoms with E-state index < -0.39 is 0 Å². The van der Waals surface area contributed by atoms with Crippen molar-refractivity contribution in [3.8, 4) is 0 Å². The Morgan fingerprint density at radius 3 is 3.00 bits per heavy atom. The third-order valence-corrected chi connectivity index (χ3v) is 3.21. The molecule has 6 heteroatoms. The average molecular weight is 270 g/mol. The highest BCUT2D eigenvalue weighted by Crippen LogP contribution is 2.04. The summed E-state index contributed by atoms with van der Waals surface area (Å²) in [5.41, 5.74) is 2.07. The maximum atomic E-state index is 4.31. The van der Waals surface area contributed by atoms with E-state index in [9.17, 15) is 0 Å². The van der Waals surface area contributed by atoms with Crippen molar-refractivity contribution in [3.63, 3.8) is 0 Å². The number of hydrogen-bond acceptors (Lipinski definition) is 4. The smallest absolute Gasteiger partial charge is 0.160 e. The molecule has 0 radical (unpaired) electrons. The lowest BCUT2D eigenvalue weighted by molar-refractivity contribution is 0.545. The van der Waals surface area contributed by atoms with Gasteiger partial charge in [0, 0.05) is 25.5 Å². The van der Waals surface area contributed by atoms with E-state index in [0.717, 1.165) is 31.0 Å². The fourth-order valence-electron chi connectivity index (χ4n) is 2.24. The van der Waals surface area contributed by atoms with E-state index >= 15 is 0 Å². The van der Waals surface area contributed by atoms with Gasteiger partial charge in [0.1, 0.15) is 0 Å². The average Bonchev–Trinajstić information content (AvgIpc) is 3.07. The van der Waals surface area contributed by atoms with Crippen LogP contribution in [-0.4, -0.2) is 24.4 Å². The van der Waals surface area contributed by atoms with Gasteiger partial charge in [-0.2, -0.15) is 5.10 Å². The van der Waals surface area contributed by atoms with Crippen LogP contribution in [0, 0.1) is 0 Å². The van der Waals surface area contributed by atoms with Gasteiger partial charge >= 0.3 is 0 Å². The summed E-state index contributed by atoms with van der Waals surface area (Å²) >= 11 is 0. The molecule has 0 spiro atoms. The number of pyridine rings is 1. The molecule has 0 bridgehead atoms. The molecule has 3 aromatic heterocycles. The summed E-state index contributed by atoms with van der Waals surface area (Å²) in [6.07, 6.45) is 4.91. The van der Waals surface area contributed by atoms with Gasteiger partial charge in [0.05, 0.1) is 12.2 Å². The quantitative estimate of drug-likeness (QED) is 0.739. The Labute approximate surface area is 117 Å². The fraction of sp³-hybridized carbons (Fsp3) is 0.357. The maximum absolute atomic E-state index is 4.31. The van der Waals surface area contributed by atoms with Crippen molar-refractivity contribution >= 4 is 5.65 Å². The molecule has 0 saturated heterocycles. The van der Waals surface area contributed by atoms with Crippen LogP contribution in [0.25, 0.3) is 5.65 Å². The molecule has 3 rings (SSSR count). The van der Waals surface area contributed by atoms with E-state index in [2.05, 4.69) is 27.5 Å². The monoisotopic (exact) mass is 270 g/mol. The van der Waals surface area contributed by atoms with Crippen molar-refractivity contribution < 1.29 is 0 Å². The van der Waals surface area contributed by atoms with Gasteiger partial charge in [-0.05, 0) is 24.6 Å². The zero-order chi connectivity index (χ0) is 13.8. The van der Waals surface area contributed by atoms with E-state index in [4.69, 9.17) is 0 Å². The number of rotatable bonds is 6. The molecule has 3 aromatic rings. The largest absolute Gasteiger partial charge is 0.304 e. The first-order valence-corrected chi connectivity index (χ1v) is 6.88. The van der Waals surface area contributed by atoms with Crippen LogP contribution in [0.15, 0.2) is 36.7 Å². The lowest BCUT2D eigenvalue weighted by Gasteiger charge is -2.07. The molecule has 20 heavy (non-hydrogen) atoms. The number of aryl methyl sites for hydroxylation is 1. The van der Waals surface area contributed by atoms with Crippen molar-refractivity contribution in [2.45, 2.75) is 33.0 Å². The third-order valence-electron chi connectivity index (χ3n) is 3.21. The Morgan fingerprint density at radius 1 is 1.15 bits per heavy atom. The highest BCUT2D eigenvalue weighted by molar-refractivity contribution is 5.36. The van der Waals surface area contributed by atoms with Crippen LogP contribution in [0.1, 0.15) is 24.9 Å². The summed E-state index contributed by atoms with van der Waals surface area (Å²) in [5.74, 6) is 0.919. The number of aromatic nitrogens is 5. The van der Waals surface area contributed by atoms with Crippen molar-refractivity contribution in [1.82, 2.24) is 29.7 Å². The topological polar surface area (TPSA) is 60.0 Å². The van der Waals surface area contributed by atoms with Gasteiger partial charge in [-0.25, -0.2) is 0 Å². The maximum Gasteiger partial charge on any atom is 0.160 e. The van der Waals surface area contributed by atoms with Crippen molar-refractivity contribution in [2.75, 3.05) is 0 Å². The Morgan fingerprint density at radius 2 is 2.10 bits per heavy atom. The molecule has 0 fully saturated rings. The SMILES string of the molecule is CCCn1nccc1CNCc1nnc2ccccn12. The zero-order valence-electron chi connectivity index (χ0n) is 11.5. The summed E-state index contributed by atoms with van der Waals surface area (Å²) in [7, 11) is 0. The van der Waals surface area contributed by atoms with Crippen LogP contribution in [0.2, 0.25) is 0 Å². The Balaban J connectivity index is 1.64. The highest BCUT2D eigenvalue weighted by atomic mass is 15.3. The van der Waals surface area contributed by atoms with Gasteiger partial charge in [0.15, 0.2) is 11.5 Å². The molecular weight excluding hydrogens is 252 g/mol. The minimum atomic E-state index is 0.683. The Hall–Kier alpha value is -2.21. The zero-order valence-corrected chi connectivity index (χ0v) is 11.5. The number of nitrogens with one attached hydrogen (secondary N) is 1. The standard InChI is InChI=1S/C14H18N6/c1-2-8-20-12(6-7-16-20)10-15-11-14-18-17-13-5-3-4-9-19(13)14/h3-7,9,15H,2,8,10-11H2,1H3. The normalized spacial score (nSPS) is 11.2. The number of fused-ring (bicyclic) bond motifs is 1. The van der Waals surface area contributed by atoms with Crippen LogP contribution in [0.5, 0.6) is 0 Å². The molecule has 0 atom stereocenters. The van der Waals surface area contributed by atoms with E-state index in [1.807, 2.05) is 45.7 Å². The molecule has 0 unspecified atom stereocenters. The summed E-state index contributed by atoms with van der Waals surface area (Å²) < 4.78 is 4.03. The van der Waals surface area contributed by atoms with Gasteiger partial charge in [-0.3, -0.25) is 9.08 Å². The summed E-state index contributed by atoms with van der Waals surface area (Å²) in [4.78, 5) is 0. The minimum Gasteiger partial charge on any atom is -0.304 e. The predicted octanol–water partition coefficient (Wildman–Crippen LogP) is 1.63. The lowest BCUT2D eigenvalue weighted by atomic mass is 10.4. The van der Waals surface area contributed by atoms with Gasteiger partial charge < -0.3 is 5.32 Å². The fourth-order valence-corrected chi connectivity index (χ4v) is 2.24. The summed E-state index contributed by atoms with van der Waals surface area (Å²) in [5, 5.41) is 16.0. The van der Waals surface area contributed by atoms with Crippen molar-refractivity contribution in [3.05, 3.63) is 48.2 Å². The molecular formula is C14H18N6. The van der Waals surface area contributed by atoms with E-state index in [1.165, 1.54) is 5.69 Å². The Kier molecular flexibility index (Phi) is 3.73. The first-order chi connectivity index (χ1) is 9.88. The summed E-state index contributed by atoms with van der Waals surface area (Å²) in [6, 6.07) is 7.94. The van der Waals surface area contributed by atoms with Gasteiger partial charge in [0.2, 0.25) is 0 Å². The molecule has 6 nitrogen and oxygen atoms in total. The van der Waals surface area contributed by atoms with Gasteiger partial charge in [-0.1, -0.05) is 13.0 Å². The van der Waals surface area contributed by atoms with Gasteiger partial charge in [0.25, 0.3) is 0 Å². The molecule has 3 heterocycles. The number of nitrogens with zero attached hydrogens (tertiary/aromatic N) is 5. The first kappa shape index (κ1) is 12.8. The highest BCUT2D eigenvalue weighted by Gasteiger charge is 2.05. The van der Waals surface area contributed by atoms with Gasteiger partial charge in [-0.15, -0.1) is 10.2 Å². The lowest BCUT2D eigenvalue weighted by Crippen LogP contribution is -2.18. The molecule has 0 aromatic carbocycles. The van der Waals surface area contributed by atoms with Crippen molar-refractivity contribution in [2.24, 2.45) is 0 Å². The van der Waals surface area contributed by atoms with Crippen LogP contribution < -0.4 is 5.32 Å². The van der Waals surface area contributed by atoms with Crippen LogP contribution in [-0.2, 0) is 19.6 Å². The number of hydrogen-bond donors (Lipinski definition) is 1. The molecule has 0 saturated carbocycles. The molecule has 0 aliphatic heterocycles. The van der Waals surface area contributed by atoms with E-state index in [-0.39, 0.29) is 0 Å². The molecule has 0 aliphatic rings. The third kappa shape index (κ3) is 2.55. The van der Waals surface area contributed by atoms with Crippen LogP contribution in [0.3, 0.4) is 0 Å². The second kappa shape index (κ2) is 5.83. The van der Waals surface area contributed by atoms with Crippen LogP contribution in [0.4, 0.5) is 0 Å². The van der Waals surface area contributed by atoms with Crippen LogP contribution >= 0.6 is 0 Å². The second-order valence-electron chi connectivity index (χ2n) is 4.69. The van der Waals surface area contributed by atoms with Crippen molar-refractivity contribution in [1.29, 1.82) is 0 Å². The van der Waals surface area contributed by atoms with E-state index in [1.54, 1.807) is 0 Å². The first-order valence-electron chi connectivity index (χ1n) is 6.88. The predicted molar refractivity (Wildman–Crippen MR) is 76.0 cm³/mol. The molecule has 0 amide bonds. The van der Waals surface area contributed by atoms with E-state index in [0.29, 0.717) is 6.54 Å².